The highest BCUT2D eigenvalue weighted by Gasteiger charge is 2.14. The Morgan fingerprint density at radius 2 is 2.12 bits per heavy atom. The number of hydrogen-bond donors (Lipinski definition) is 1. The van der Waals surface area contributed by atoms with Crippen LogP contribution in [0.15, 0.2) is 24.3 Å². The average Bonchev–Trinajstić information content (AvgIpc) is 2.38. The molecule has 1 atom stereocenters. The van der Waals surface area contributed by atoms with Gasteiger partial charge < -0.3 is 10.1 Å². The van der Waals surface area contributed by atoms with Crippen LogP contribution in [0.3, 0.4) is 0 Å². The first-order valence-corrected chi connectivity index (χ1v) is 5.87. The summed E-state index contributed by atoms with van der Waals surface area (Å²) >= 11 is 0. The van der Waals surface area contributed by atoms with Crippen molar-refractivity contribution in [3.8, 4) is 0 Å². The largest absolute Gasteiger partial charge is 0.371 e. The molecule has 0 aliphatic carbocycles. The SMILES string of the molecule is FCCCc1ccc(C2CNCCO2)cc1. The highest BCUT2D eigenvalue weighted by atomic mass is 19.1. The summed E-state index contributed by atoms with van der Waals surface area (Å²) in [6.07, 6.45) is 1.60. The second kappa shape index (κ2) is 5.97. The van der Waals surface area contributed by atoms with E-state index < -0.39 is 0 Å². The number of nitrogens with one attached hydrogen (secondary N) is 1. The summed E-state index contributed by atoms with van der Waals surface area (Å²) < 4.78 is 17.7. The summed E-state index contributed by atoms with van der Waals surface area (Å²) in [6, 6.07) is 8.32. The van der Waals surface area contributed by atoms with Gasteiger partial charge in [0.05, 0.1) is 19.4 Å². The summed E-state index contributed by atoms with van der Waals surface area (Å²) in [5, 5.41) is 3.31. The zero-order valence-electron chi connectivity index (χ0n) is 9.42. The molecule has 1 aromatic carbocycles. The molecule has 1 aromatic rings. The first-order chi connectivity index (χ1) is 7.90. The third-order valence-electron chi connectivity index (χ3n) is 2.88. The van der Waals surface area contributed by atoms with Crippen LogP contribution in [0, 0.1) is 0 Å². The average molecular weight is 223 g/mol. The van der Waals surface area contributed by atoms with Crippen molar-refractivity contribution in [2.24, 2.45) is 0 Å². The number of morpholine rings is 1. The van der Waals surface area contributed by atoms with Gasteiger partial charge in [0.2, 0.25) is 0 Å². The second-order valence-electron chi connectivity index (χ2n) is 4.10. The minimum atomic E-state index is -0.239. The third-order valence-corrected chi connectivity index (χ3v) is 2.88. The Morgan fingerprint density at radius 1 is 1.31 bits per heavy atom. The molecule has 1 N–H and O–H groups in total. The maximum absolute atomic E-state index is 12.0. The molecular weight excluding hydrogens is 205 g/mol. The minimum absolute atomic E-state index is 0.170. The van der Waals surface area contributed by atoms with Crippen molar-refractivity contribution < 1.29 is 9.13 Å². The number of ether oxygens (including phenoxy) is 1. The van der Waals surface area contributed by atoms with E-state index in [4.69, 9.17) is 4.74 Å². The molecule has 0 aromatic heterocycles. The fraction of sp³-hybridized carbons (Fsp3) is 0.538. The zero-order chi connectivity index (χ0) is 11.2. The molecule has 1 saturated heterocycles. The molecule has 0 amide bonds. The molecule has 1 heterocycles. The monoisotopic (exact) mass is 223 g/mol. The van der Waals surface area contributed by atoms with Crippen molar-refractivity contribution in [1.82, 2.24) is 5.32 Å². The molecular formula is C13H18FNO. The fourth-order valence-electron chi connectivity index (χ4n) is 1.95. The standard InChI is InChI=1S/C13H18FNO/c14-7-1-2-11-3-5-12(6-4-11)13-10-15-8-9-16-13/h3-6,13,15H,1-2,7-10H2. The van der Waals surface area contributed by atoms with Crippen LogP contribution in [0.25, 0.3) is 0 Å². The van der Waals surface area contributed by atoms with Crippen molar-refractivity contribution in [3.63, 3.8) is 0 Å². The van der Waals surface area contributed by atoms with Gasteiger partial charge in [0.25, 0.3) is 0 Å². The van der Waals surface area contributed by atoms with Crippen LogP contribution in [-0.2, 0) is 11.2 Å². The summed E-state index contributed by atoms with van der Waals surface area (Å²) in [5.41, 5.74) is 2.40. The molecule has 1 aliphatic heterocycles. The van der Waals surface area contributed by atoms with Crippen LogP contribution < -0.4 is 5.32 Å². The molecule has 1 aliphatic rings. The lowest BCUT2D eigenvalue weighted by Gasteiger charge is -2.24. The Labute approximate surface area is 95.8 Å². The third kappa shape index (κ3) is 3.03. The van der Waals surface area contributed by atoms with Gasteiger partial charge in [0, 0.05) is 13.1 Å². The normalized spacial score (nSPS) is 20.9. The van der Waals surface area contributed by atoms with Crippen molar-refractivity contribution in [3.05, 3.63) is 35.4 Å². The van der Waals surface area contributed by atoms with Crippen LogP contribution in [0.1, 0.15) is 23.7 Å². The van der Waals surface area contributed by atoms with Crippen LogP contribution in [0.5, 0.6) is 0 Å². The quantitative estimate of drug-likeness (QED) is 0.845. The van der Waals surface area contributed by atoms with E-state index in [9.17, 15) is 4.39 Å². The van der Waals surface area contributed by atoms with Gasteiger partial charge in [0.15, 0.2) is 0 Å². The molecule has 0 bridgehead atoms. The molecule has 88 valence electrons. The van der Waals surface area contributed by atoms with Crippen LogP contribution in [0.2, 0.25) is 0 Å². The Balaban J connectivity index is 1.95. The number of aryl methyl sites for hydroxylation is 1. The van der Waals surface area contributed by atoms with E-state index in [1.54, 1.807) is 0 Å². The van der Waals surface area contributed by atoms with Crippen LogP contribution in [0.4, 0.5) is 4.39 Å². The Hall–Kier alpha value is -0.930. The van der Waals surface area contributed by atoms with E-state index in [0.717, 1.165) is 26.1 Å². The number of benzene rings is 1. The molecule has 0 spiro atoms. The van der Waals surface area contributed by atoms with Crippen LogP contribution in [-0.4, -0.2) is 26.4 Å². The van der Waals surface area contributed by atoms with Gasteiger partial charge in [-0.25, -0.2) is 0 Å². The van der Waals surface area contributed by atoms with E-state index in [1.165, 1.54) is 11.1 Å². The Kier molecular flexibility index (Phi) is 4.31. The lowest BCUT2D eigenvalue weighted by Crippen LogP contribution is -2.33. The van der Waals surface area contributed by atoms with E-state index in [1.807, 2.05) is 0 Å². The van der Waals surface area contributed by atoms with Crippen molar-refractivity contribution in [1.29, 1.82) is 0 Å². The Bertz CT molecular complexity index is 306. The molecule has 3 heteroatoms. The molecule has 1 fully saturated rings. The van der Waals surface area contributed by atoms with Gasteiger partial charge in [-0.1, -0.05) is 24.3 Å². The maximum Gasteiger partial charge on any atom is 0.0949 e. The van der Waals surface area contributed by atoms with Crippen molar-refractivity contribution >= 4 is 0 Å². The molecule has 1 unspecified atom stereocenters. The van der Waals surface area contributed by atoms with Crippen molar-refractivity contribution in [2.45, 2.75) is 18.9 Å². The predicted octanol–water partition coefficient (Wildman–Crippen LogP) is 2.25. The molecule has 2 rings (SSSR count). The molecule has 0 saturated carbocycles. The molecule has 2 nitrogen and oxygen atoms in total. The fourth-order valence-corrected chi connectivity index (χ4v) is 1.95. The van der Waals surface area contributed by atoms with Crippen LogP contribution >= 0.6 is 0 Å². The summed E-state index contributed by atoms with van der Waals surface area (Å²) in [6.45, 7) is 2.35. The van der Waals surface area contributed by atoms with Gasteiger partial charge in [-0.3, -0.25) is 4.39 Å². The number of alkyl halides is 1. The number of hydrogen-bond acceptors (Lipinski definition) is 2. The van der Waals surface area contributed by atoms with Gasteiger partial charge in [-0.05, 0) is 24.0 Å². The first-order valence-electron chi connectivity index (χ1n) is 5.87. The second-order valence-corrected chi connectivity index (χ2v) is 4.10. The van der Waals surface area contributed by atoms with E-state index >= 15 is 0 Å². The summed E-state index contributed by atoms with van der Waals surface area (Å²) in [7, 11) is 0. The highest BCUT2D eigenvalue weighted by molar-refractivity contribution is 5.24. The summed E-state index contributed by atoms with van der Waals surface area (Å²) in [5.74, 6) is 0. The van der Waals surface area contributed by atoms with Gasteiger partial charge in [0.1, 0.15) is 0 Å². The predicted molar refractivity (Wildman–Crippen MR) is 62.3 cm³/mol. The lowest BCUT2D eigenvalue weighted by atomic mass is 10.0. The first kappa shape index (κ1) is 11.6. The molecule has 0 radical (unpaired) electrons. The van der Waals surface area contributed by atoms with Gasteiger partial charge in [-0.2, -0.15) is 0 Å². The maximum atomic E-state index is 12.0. The zero-order valence-corrected chi connectivity index (χ0v) is 9.42. The topological polar surface area (TPSA) is 21.3 Å². The minimum Gasteiger partial charge on any atom is -0.371 e. The lowest BCUT2D eigenvalue weighted by molar-refractivity contribution is 0.0277. The van der Waals surface area contributed by atoms with Gasteiger partial charge in [-0.15, -0.1) is 0 Å². The smallest absolute Gasteiger partial charge is 0.0949 e. The van der Waals surface area contributed by atoms with E-state index in [0.29, 0.717) is 6.42 Å². The van der Waals surface area contributed by atoms with E-state index in [-0.39, 0.29) is 12.8 Å². The van der Waals surface area contributed by atoms with Gasteiger partial charge >= 0.3 is 0 Å². The van der Waals surface area contributed by atoms with E-state index in [2.05, 4.69) is 29.6 Å². The van der Waals surface area contributed by atoms with Crippen molar-refractivity contribution in [2.75, 3.05) is 26.4 Å². The Morgan fingerprint density at radius 3 is 2.75 bits per heavy atom. The molecule has 16 heavy (non-hydrogen) atoms. The highest BCUT2D eigenvalue weighted by Crippen LogP contribution is 2.19. The number of rotatable bonds is 4. The summed E-state index contributed by atoms with van der Waals surface area (Å²) in [4.78, 5) is 0. The number of halogens is 1.